The van der Waals surface area contributed by atoms with Crippen molar-refractivity contribution in [1.29, 1.82) is 0 Å². The Hall–Kier alpha value is -1.55. The number of nitrogens with one attached hydrogen (secondary N) is 1. The molecular formula is C15H19N3S. The zero-order valence-corrected chi connectivity index (χ0v) is 12.0. The maximum Gasteiger partial charge on any atom is 0.131 e. The molecule has 19 heavy (non-hydrogen) atoms. The van der Waals surface area contributed by atoms with Crippen LogP contribution in [-0.4, -0.2) is 18.1 Å². The topological polar surface area (TPSA) is 28.2 Å². The highest BCUT2D eigenvalue weighted by Gasteiger charge is 2.18. The van der Waals surface area contributed by atoms with Gasteiger partial charge >= 0.3 is 0 Å². The van der Waals surface area contributed by atoms with E-state index in [-0.39, 0.29) is 0 Å². The summed E-state index contributed by atoms with van der Waals surface area (Å²) in [6.45, 7) is 5.20. The average Bonchev–Trinajstić information content (AvgIpc) is 2.92. The summed E-state index contributed by atoms with van der Waals surface area (Å²) in [5, 5.41) is 5.55. The van der Waals surface area contributed by atoms with Crippen molar-refractivity contribution in [3.05, 3.63) is 40.1 Å². The van der Waals surface area contributed by atoms with Crippen LogP contribution in [0.2, 0.25) is 0 Å². The summed E-state index contributed by atoms with van der Waals surface area (Å²) < 4.78 is 0. The lowest BCUT2D eigenvalue weighted by Gasteiger charge is -2.28. The molecule has 0 spiro atoms. The van der Waals surface area contributed by atoms with Crippen LogP contribution in [0.25, 0.3) is 0 Å². The van der Waals surface area contributed by atoms with Crippen LogP contribution in [0.5, 0.6) is 0 Å². The molecule has 3 nitrogen and oxygen atoms in total. The summed E-state index contributed by atoms with van der Waals surface area (Å²) in [5.41, 5.74) is 1.46. The van der Waals surface area contributed by atoms with E-state index >= 15 is 0 Å². The fourth-order valence-corrected chi connectivity index (χ4v) is 3.28. The van der Waals surface area contributed by atoms with Gasteiger partial charge in [-0.25, -0.2) is 4.98 Å². The van der Waals surface area contributed by atoms with Gasteiger partial charge in [0.15, 0.2) is 0 Å². The van der Waals surface area contributed by atoms with Gasteiger partial charge in [-0.1, -0.05) is 13.0 Å². The molecule has 0 unspecified atom stereocenters. The van der Waals surface area contributed by atoms with Crippen molar-refractivity contribution >= 4 is 23.0 Å². The molecule has 0 radical (unpaired) electrons. The van der Waals surface area contributed by atoms with E-state index in [4.69, 9.17) is 4.98 Å². The van der Waals surface area contributed by atoms with Gasteiger partial charge in [0.2, 0.25) is 0 Å². The van der Waals surface area contributed by atoms with E-state index in [1.807, 2.05) is 17.4 Å². The van der Waals surface area contributed by atoms with Crippen LogP contribution in [0.1, 0.15) is 23.8 Å². The van der Waals surface area contributed by atoms with Gasteiger partial charge in [0, 0.05) is 24.5 Å². The number of aromatic nitrogens is 1. The van der Waals surface area contributed by atoms with Crippen LogP contribution in [0, 0.1) is 0 Å². The van der Waals surface area contributed by atoms with Gasteiger partial charge in [-0.3, -0.25) is 0 Å². The molecule has 1 aliphatic rings. The van der Waals surface area contributed by atoms with Crippen molar-refractivity contribution in [3.63, 3.8) is 0 Å². The number of thiophene rings is 1. The standard InChI is InChI=1S/C15H19N3S/c1-2-8-16-14-4-3-5-15(17-14)18-9-6-13-12(11-18)7-10-19-13/h3-5,7,10H,2,6,8-9,11H2,1H3,(H,16,17). The maximum atomic E-state index is 4.71. The molecule has 100 valence electrons. The van der Waals surface area contributed by atoms with Gasteiger partial charge in [0.1, 0.15) is 11.6 Å². The first-order chi connectivity index (χ1) is 9.36. The molecule has 4 heteroatoms. The van der Waals surface area contributed by atoms with Crippen LogP contribution < -0.4 is 10.2 Å². The zero-order chi connectivity index (χ0) is 13.1. The molecule has 2 aromatic heterocycles. The number of nitrogens with zero attached hydrogens (tertiary/aromatic N) is 2. The van der Waals surface area contributed by atoms with Gasteiger partial charge < -0.3 is 10.2 Å². The molecule has 0 fully saturated rings. The van der Waals surface area contributed by atoms with Gasteiger partial charge in [-0.05, 0) is 42.0 Å². The minimum absolute atomic E-state index is 0.977. The predicted molar refractivity (Wildman–Crippen MR) is 82.1 cm³/mol. The second kappa shape index (κ2) is 5.61. The van der Waals surface area contributed by atoms with E-state index in [0.717, 1.165) is 44.1 Å². The van der Waals surface area contributed by atoms with E-state index < -0.39 is 0 Å². The first-order valence-electron chi connectivity index (χ1n) is 6.88. The number of fused-ring (bicyclic) bond motifs is 1. The zero-order valence-electron chi connectivity index (χ0n) is 11.2. The normalized spacial score (nSPS) is 14.3. The van der Waals surface area contributed by atoms with Crippen molar-refractivity contribution in [1.82, 2.24) is 4.98 Å². The molecule has 0 aliphatic carbocycles. The van der Waals surface area contributed by atoms with Gasteiger partial charge in [0.05, 0.1) is 0 Å². The van der Waals surface area contributed by atoms with Gasteiger partial charge in [-0.2, -0.15) is 0 Å². The summed E-state index contributed by atoms with van der Waals surface area (Å²) in [5.74, 6) is 2.06. The van der Waals surface area contributed by atoms with E-state index in [1.54, 1.807) is 0 Å². The lowest BCUT2D eigenvalue weighted by atomic mass is 10.1. The highest BCUT2D eigenvalue weighted by molar-refractivity contribution is 7.10. The van der Waals surface area contributed by atoms with Crippen LogP contribution in [0.15, 0.2) is 29.6 Å². The molecule has 3 rings (SSSR count). The predicted octanol–water partition coefficient (Wildman–Crippen LogP) is 3.53. The monoisotopic (exact) mass is 273 g/mol. The third-order valence-corrected chi connectivity index (χ3v) is 4.45. The summed E-state index contributed by atoms with van der Waals surface area (Å²) in [7, 11) is 0. The van der Waals surface area contributed by atoms with E-state index in [0.29, 0.717) is 0 Å². The van der Waals surface area contributed by atoms with E-state index in [2.05, 4.69) is 40.7 Å². The minimum Gasteiger partial charge on any atom is -0.370 e. The highest BCUT2D eigenvalue weighted by atomic mass is 32.1. The summed E-state index contributed by atoms with van der Waals surface area (Å²) in [4.78, 5) is 8.62. The lowest BCUT2D eigenvalue weighted by molar-refractivity contribution is 0.732. The van der Waals surface area contributed by atoms with Gasteiger partial charge in [-0.15, -0.1) is 11.3 Å². The Morgan fingerprint density at radius 3 is 3.21 bits per heavy atom. The highest BCUT2D eigenvalue weighted by Crippen LogP contribution is 2.27. The van der Waals surface area contributed by atoms with Crippen LogP contribution in [-0.2, 0) is 13.0 Å². The Kier molecular flexibility index (Phi) is 3.69. The summed E-state index contributed by atoms with van der Waals surface area (Å²) in [6.07, 6.45) is 2.26. The lowest BCUT2D eigenvalue weighted by Crippen LogP contribution is -2.30. The first-order valence-corrected chi connectivity index (χ1v) is 7.76. The molecule has 3 heterocycles. The van der Waals surface area contributed by atoms with E-state index in [1.165, 1.54) is 10.4 Å². The second-order valence-electron chi connectivity index (χ2n) is 4.85. The van der Waals surface area contributed by atoms with Crippen molar-refractivity contribution in [2.24, 2.45) is 0 Å². The molecule has 0 bridgehead atoms. The van der Waals surface area contributed by atoms with Crippen LogP contribution >= 0.6 is 11.3 Å². The van der Waals surface area contributed by atoms with Crippen LogP contribution in [0.3, 0.4) is 0 Å². The van der Waals surface area contributed by atoms with E-state index in [9.17, 15) is 0 Å². The largest absolute Gasteiger partial charge is 0.370 e. The Morgan fingerprint density at radius 1 is 1.37 bits per heavy atom. The molecule has 2 aromatic rings. The molecule has 0 saturated heterocycles. The Labute approximate surface area is 118 Å². The second-order valence-corrected chi connectivity index (χ2v) is 5.85. The Balaban J connectivity index is 1.76. The number of rotatable bonds is 4. The molecule has 0 aromatic carbocycles. The number of pyridine rings is 1. The maximum absolute atomic E-state index is 4.71. The number of hydrogen-bond donors (Lipinski definition) is 1. The molecule has 1 N–H and O–H groups in total. The van der Waals surface area contributed by atoms with Crippen molar-refractivity contribution < 1.29 is 0 Å². The first kappa shape index (κ1) is 12.5. The quantitative estimate of drug-likeness (QED) is 0.923. The smallest absolute Gasteiger partial charge is 0.131 e. The Bertz CT molecular complexity index is 550. The Morgan fingerprint density at radius 2 is 2.32 bits per heavy atom. The average molecular weight is 273 g/mol. The van der Waals surface area contributed by atoms with Crippen LogP contribution in [0.4, 0.5) is 11.6 Å². The van der Waals surface area contributed by atoms with Gasteiger partial charge in [0.25, 0.3) is 0 Å². The third-order valence-electron chi connectivity index (χ3n) is 3.42. The molecule has 0 saturated carbocycles. The summed E-state index contributed by atoms with van der Waals surface area (Å²) >= 11 is 1.88. The molecular weight excluding hydrogens is 254 g/mol. The molecule has 0 atom stereocenters. The summed E-state index contributed by atoms with van der Waals surface area (Å²) in [6, 6.07) is 8.47. The molecule has 1 aliphatic heterocycles. The number of anilines is 2. The minimum atomic E-state index is 0.977. The number of hydrogen-bond acceptors (Lipinski definition) is 4. The molecule has 0 amide bonds. The fraction of sp³-hybridized carbons (Fsp3) is 0.400. The SMILES string of the molecule is CCCNc1cccc(N2CCc3sccc3C2)n1. The third kappa shape index (κ3) is 2.73. The van der Waals surface area contributed by atoms with Crippen molar-refractivity contribution in [2.45, 2.75) is 26.3 Å². The van der Waals surface area contributed by atoms with Crippen molar-refractivity contribution in [3.8, 4) is 0 Å². The van der Waals surface area contributed by atoms with Crippen molar-refractivity contribution in [2.75, 3.05) is 23.3 Å². The fourth-order valence-electron chi connectivity index (χ4n) is 2.39.